The van der Waals surface area contributed by atoms with Crippen molar-refractivity contribution >= 4 is 53.1 Å². The summed E-state index contributed by atoms with van der Waals surface area (Å²) in [7, 11) is 0. The Balaban J connectivity index is 0.00000324. The number of carbonyl (C=O) groups is 1. The van der Waals surface area contributed by atoms with Gasteiger partial charge < -0.3 is 15.8 Å². The van der Waals surface area contributed by atoms with Gasteiger partial charge in [-0.2, -0.15) is 0 Å². The highest BCUT2D eigenvalue weighted by atomic mass is 35.5. The second-order valence-corrected chi connectivity index (χ2v) is 4.88. The first-order valence-corrected chi connectivity index (χ1v) is 6.36. The Kier molecular flexibility index (Phi) is 8.54. The number of hydrogen-bond donors (Lipinski definition) is 2. The van der Waals surface area contributed by atoms with Crippen LogP contribution in [0, 0.1) is 0 Å². The maximum Gasteiger partial charge on any atom is 0.236 e. The third-order valence-corrected chi connectivity index (χ3v) is 2.80. The number of halogens is 4. The molecule has 0 aliphatic heterocycles. The summed E-state index contributed by atoms with van der Waals surface area (Å²) in [5.74, 6) is 0.102. The van der Waals surface area contributed by atoms with Crippen LogP contribution in [0.4, 0.5) is 0 Å². The minimum atomic E-state index is -0.548. The highest BCUT2D eigenvalue weighted by molar-refractivity contribution is 6.40. The largest absolute Gasteiger partial charge is 0.489 e. The molecular formula is C11H14Cl4N2O2. The van der Waals surface area contributed by atoms with E-state index in [0.29, 0.717) is 27.4 Å². The van der Waals surface area contributed by atoms with Crippen LogP contribution in [-0.4, -0.2) is 25.1 Å². The van der Waals surface area contributed by atoms with Gasteiger partial charge in [-0.3, -0.25) is 4.79 Å². The zero-order valence-electron chi connectivity index (χ0n) is 10.1. The van der Waals surface area contributed by atoms with E-state index in [2.05, 4.69) is 5.32 Å². The first-order valence-electron chi connectivity index (χ1n) is 5.22. The fourth-order valence-electron chi connectivity index (χ4n) is 1.16. The average Bonchev–Trinajstić information content (AvgIpc) is 2.26. The van der Waals surface area contributed by atoms with E-state index >= 15 is 0 Å². The number of carbonyl (C=O) groups excluding carboxylic acids is 1. The van der Waals surface area contributed by atoms with Gasteiger partial charge in [0.05, 0.1) is 22.6 Å². The number of hydrogen-bond acceptors (Lipinski definition) is 3. The van der Waals surface area contributed by atoms with Gasteiger partial charge in [0.2, 0.25) is 5.91 Å². The second-order valence-electron chi connectivity index (χ2n) is 3.63. The predicted octanol–water partition coefficient (Wildman–Crippen LogP) is 2.91. The molecule has 0 saturated carbocycles. The molecule has 0 aliphatic rings. The van der Waals surface area contributed by atoms with E-state index in [9.17, 15) is 4.79 Å². The molecule has 0 bridgehead atoms. The average molecular weight is 348 g/mol. The van der Waals surface area contributed by atoms with E-state index in [1.165, 1.54) is 12.1 Å². The molecule has 1 amide bonds. The van der Waals surface area contributed by atoms with E-state index in [1.54, 1.807) is 6.92 Å². The number of ether oxygens (including phenoxy) is 1. The molecule has 108 valence electrons. The molecule has 4 nitrogen and oxygen atoms in total. The summed E-state index contributed by atoms with van der Waals surface area (Å²) in [6.45, 7) is 2.15. The van der Waals surface area contributed by atoms with Crippen LogP contribution in [-0.2, 0) is 4.79 Å². The summed E-state index contributed by atoms with van der Waals surface area (Å²) in [5, 5.41) is 3.68. The third kappa shape index (κ3) is 6.06. The summed E-state index contributed by atoms with van der Waals surface area (Å²) < 4.78 is 5.37. The maximum absolute atomic E-state index is 11.2. The molecule has 0 spiro atoms. The summed E-state index contributed by atoms with van der Waals surface area (Å²) in [6.07, 6.45) is 0. The van der Waals surface area contributed by atoms with Crippen molar-refractivity contribution in [1.29, 1.82) is 0 Å². The summed E-state index contributed by atoms with van der Waals surface area (Å²) in [6, 6.07) is 2.52. The van der Waals surface area contributed by atoms with Crippen molar-refractivity contribution < 1.29 is 9.53 Å². The van der Waals surface area contributed by atoms with Crippen LogP contribution in [0.3, 0.4) is 0 Å². The van der Waals surface area contributed by atoms with E-state index < -0.39 is 6.04 Å². The van der Waals surface area contributed by atoms with Gasteiger partial charge in [-0.1, -0.05) is 34.8 Å². The van der Waals surface area contributed by atoms with Crippen LogP contribution in [0.1, 0.15) is 6.92 Å². The van der Waals surface area contributed by atoms with Crippen molar-refractivity contribution in [3.63, 3.8) is 0 Å². The maximum atomic E-state index is 11.2. The molecule has 0 fully saturated rings. The van der Waals surface area contributed by atoms with E-state index in [1.807, 2.05) is 0 Å². The standard InChI is InChI=1S/C11H13Cl3N2O2.ClH/c1-6(15)11(17)16-2-3-18-10-8(13)4-7(12)5-9(10)14;/h4-6H,2-3,15H2,1H3,(H,16,17);1H/t6-;/m1./s1. The molecule has 0 heterocycles. The number of amides is 1. The van der Waals surface area contributed by atoms with Gasteiger partial charge in [0, 0.05) is 5.02 Å². The van der Waals surface area contributed by atoms with Gasteiger partial charge in [-0.15, -0.1) is 12.4 Å². The van der Waals surface area contributed by atoms with Crippen molar-refractivity contribution in [2.24, 2.45) is 5.73 Å². The van der Waals surface area contributed by atoms with Crippen molar-refractivity contribution in [2.45, 2.75) is 13.0 Å². The zero-order chi connectivity index (χ0) is 13.7. The Bertz CT molecular complexity index is 418. The van der Waals surface area contributed by atoms with Crippen molar-refractivity contribution in [1.82, 2.24) is 5.32 Å². The Morgan fingerprint density at radius 3 is 2.37 bits per heavy atom. The third-order valence-electron chi connectivity index (χ3n) is 2.02. The molecule has 8 heteroatoms. The first kappa shape index (κ1) is 18.6. The van der Waals surface area contributed by atoms with Gasteiger partial charge in [0.25, 0.3) is 0 Å². The van der Waals surface area contributed by atoms with Gasteiger partial charge in [0.15, 0.2) is 5.75 Å². The first-order chi connectivity index (χ1) is 8.41. The SMILES string of the molecule is C[C@@H](N)C(=O)NCCOc1c(Cl)cc(Cl)cc1Cl.Cl. The van der Waals surface area contributed by atoms with Crippen LogP contribution in [0.5, 0.6) is 5.75 Å². The molecule has 0 unspecified atom stereocenters. The Morgan fingerprint density at radius 1 is 1.37 bits per heavy atom. The molecule has 0 radical (unpaired) electrons. The minimum absolute atomic E-state index is 0. The topological polar surface area (TPSA) is 64.4 Å². The van der Waals surface area contributed by atoms with Crippen LogP contribution < -0.4 is 15.8 Å². The fourth-order valence-corrected chi connectivity index (χ4v) is 2.08. The number of rotatable bonds is 5. The number of benzene rings is 1. The fraction of sp³-hybridized carbons (Fsp3) is 0.364. The summed E-state index contributed by atoms with van der Waals surface area (Å²) >= 11 is 17.6. The van der Waals surface area contributed by atoms with E-state index in [4.69, 9.17) is 45.3 Å². The van der Waals surface area contributed by atoms with Gasteiger partial charge in [-0.05, 0) is 19.1 Å². The van der Waals surface area contributed by atoms with Crippen molar-refractivity contribution in [2.75, 3.05) is 13.2 Å². The van der Waals surface area contributed by atoms with Gasteiger partial charge in [0.1, 0.15) is 6.61 Å². The van der Waals surface area contributed by atoms with E-state index in [0.717, 1.165) is 0 Å². The summed E-state index contributed by atoms with van der Waals surface area (Å²) in [5.41, 5.74) is 5.38. The molecule has 0 saturated heterocycles. The number of nitrogens with one attached hydrogen (secondary N) is 1. The summed E-state index contributed by atoms with van der Waals surface area (Å²) in [4.78, 5) is 11.2. The Morgan fingerprint density at radius 2 is 1.89 bits per heavy atom. The normalized spacial score (nSPS) is 11.4. The quantitative estimate of drug-likeness (QED) is 0.805. The smallest absolute Gasteiger partial charge is 0.236 e. The Labute approximate surface area is 132 Å². The zero-order valence-corrected chi connectivity index (χ0v) is 13.2. The lowest BCUT2D eigenvalue weighted by atomic mass is 10.3. The molecule has 0 aliphatic carbocycles. The second kappa shape index (κ2) is 8.72. The van der Waals surface area contributed by atoms with Crippen LogP contribution >= 0.6 is 47.2 Å². The molecule has 1 aromatic rings. The minimum Gasteiger partial charge on any atom is -0.489 e. The lowest BCUT2D eigenvalue weighted by Gasteiger charge is -2.11. The molecule has 3 N–H and O–H groups in total. The monoisotopic (exact) mass is 346 g/mol. The van der Waals surface area contributed by atoms with Crippen LogP contribution in [0.15, 0.2) is 12.1 Å². The van der Waals surface area contributed by atoms with Crippen molar-refractivity contribution in [3.8, 4) is 5.75 Å². The highest BCUT2D eigenvalue weighted by Crippen LogP contribution is 2.35. The van der Waals surface area contributed by atoms with Gasteiger partial charge >= 0.3 is 0 Å². The molecule has 1 rings (SSSR count). The molecule has 1 aromatic carbocycles. The van der Waals surface area contributed by atoms with Gasteiger partial charge in [-0.25, -0.2) is 0 Å². The van der Waals surface area contributed by atoms with Crippen molar-refractivity contribution in [3.05, 3.63) is 27.2 Å². The molecule has 19 heavy (non-hydrogen) atoms. The lowest BCUT2D eigenvalue weighted by molar-refractivity contribution is -0.122. The Hall–Kier alpha value is -0.390. The van der Waals surface area contributed by atoms with Crippen LogP contribution in [0.25, 0.3) is 0 Å². The lowest BCUT2D eigenvalue weighted by Crippen LogP contribution is -2.40. The molecule has 0 aromatic heterocycles. The highest BCUT2D eigenvalue weighted by Gasteiger charge is 2.10. The predicted molar refractivity (Wildman–Crippen MR) is 80.9 cm³/mol. The molecular weight excluding hydrogens is 334 g/mol. The van der Waals surface area contributed by atoms with Crippen LogP contribution in [0.2, 0.25) is 15.1 Å². The van der Waals surface area contributed by atoms with E-state index in [-0.39, 0.29) is 24.9 Å². The molecule has 1 atom stereocenters. The number of nitrogens with two attached hydrogens (primary N) is 1.